The van der Waals surface area contributed by atoms with Gasteiger partial charge in [-0.3, -0.25) is 4.79 Å². The third-order valence-electron chi connectivity index (χ3n) is 7.85. The van der Waals surface area contributed by atoms with Gasteiger partial charge in [0, 0.05) is 44.3 Å². The van der Waals surface area contributed by atoms with Gasteiger partial charge in [0.25, 0.3) is 5.91 Å². The third kappa shape index (κ3) is 5.79. The first-order chi connectivity index (χ1) is 19.0. The maximum Gasteiger partial charge on any atom is 0.416 e. The molecular formula is C29H30F5N5O. The monoisotopic (exact) mass is 559 g/mol. The molecule has 11 heteroatoms. The lowest BCUT2D eigenvalue weighted by molar-refractivity contribution is -0.137. The normalized spacial score (nSPS) is 17.7. The molecule has 1 aromatic heterocycles. The lowest BCUT2D eigenvalue weighted by atomic mass is 9.74. The zero-order valence-corrected chi connectivity index (χ0v) is 22.1. The molecule has 0 radical (unpaired) electrons. The molecule has 1 amide bonds. The van der Waals surface area contributed by atoms with Crippen molar-refractivity contribution in [2.24, 2.45) is 0 Å². The zero-order valence-electron chi connectivity index (χ0n) is 22.1. The van der Waals surface area contributed by atoms with Crippen molar-refractivity contribution in [2.75, 3.05) is 38.1 Å². The van der Waals surface area contributed by atoms with Crippen molar-refractivity contribution >= 4 is 11.9 Å². The number of amides is 1. The van der Waals surface area contributed by atoms with Crippen LogP contribution in [0.2, 0.25) is 0 Å². The number of carbonyl (C=O) groups is 1. The standard InChI is InChI=1S/C29H30F5N5O/c1-38-10-12-39(13-11-38)27-36-18-24(26(40)35-17-19-14-21(29(32,33)34)16-23(31)15-19)25(37-27)28(8-2-3-9-28)20-4-6-22(30)7-5-20/h4-7,14-16,18H,2-3,8-13,17H2,1H3,(H,35,40). The average Bonchev–Trinajstić information content (AvgIpc) is 3.43. The molecule has 1 saturated heterocycles. The van der Waals surface area contributed by atoms with Crippen LogP contribution in [0.5, 0.6) is 0 Å². The van der Waals surface area contributed by atoms with Gasteiger partial charge in [-0.05, 0) is 61.3 Å². The molecule has 1 aliphatic heterocycles. The van der Waals surface area contributed by atoms with E-state index in [9.17, 15) is 26.7 Å². The van der Waals surface area contributed by atoms with Gasteiger partial charge in [0.15, 0.2) is 0 Å². The first-order valence-corrected chi connectivity index (χ1v) is 13.3. The fraction of sp³-hybridized carbons (Fsp3) is 0.414. The number of nitrogens with zero attached hydrogens (tertiary/aromatic N) is 4. The van der Waals surface area contributed by atoms with Crippen LogP contribution in [0.25, 0.3) is 0 Å². The molecular weight excluding hydrogens is 529 g/mol. The van der Waals surface area contributed by atoms with Crippen molar-refractivity contribution < 1.29 is 26.7 Å². The molecule has 6 nitrogen and oxygen atoms in total. The van der Waals surface area contributed by atoms with Crippen LogP contribution in [0.1, 0.15) is 58.4 Å². The summed E-state index contributed by atoms with van der Waals surface area (Å²) in [6.07, 6.45) is -0.105. The highest BCUT2D eigenvalue weighted by Gasteiger charge is 2.42. The van der Waals surface area contributed by atoms with Crippen LogP contribution in [0.4, 0.5) is 27.9 Å². The second-order valence-corrected chi connectivity index (χ2v) is 10.5. The summed E-state index contributed by atoms with van der Waals surface area (Å²) in [5.74, 6) is -1.50. The number of piperazine rings is 1. The number of hydrogen-bond donors (Lipinski definition) is 1. The summed E-state index contributed by atoms with van der Waals surface area (Å²) in [5.41, 5.74) is -0.273. The zero-order chi connectivity index (χ0) is 28.5. The molecule has 5 rings (SSSR count). The molecule has 0 bridgehead atoms. The summed E-state index contributed by atoms with van der Waals surface area (Å²) in [5, 5.41) is 2.63. The van der Waals surface area contributed by atoms with Crippen molar-refractivity contribution in [3.05, 3.63) is 88.2 Å². The number of benzene rings is 2. The Hall–Kier alpha value is -3.60. The maximum absolute atomic E-state index is 13.9. The second kappa shape index (κ2) is 11.1. The Morgan fingerprint density at radius 1 is 0.975 bits per heavy atom. The van der Waals surface area contributed by atoms with Crippen molar-refractivity contribution in [2.45, 2.75) is 43.8 Å². The summed E-state index contributed by atoms with van der Waals surface area (Å²) < 4.78 is 67.3. The van der Waals surface area contributed by atoms with Gasteiger partial charge in [-0.2, -0.15) is 13.2 Å². The van der Waals surface area contributed by atoms with Crippen LogP contribution in [-0.4, -0.2) is 54.0 Å². The molecule has 0 atom stereocenters. The van der Waals surface area contributed by atoms with Crippen molar-refractivity contribution in [3.8, 4) is 0 Å². The van der Waals surface area contributed by atoms with E-state index in [1.807, 2.05) is 7.05 Å². The van der Waals surface area contributed by atoms with Gasteiger partial charge < -0.3 is 15.1 Å². The summed E-state index contributed by atoms with van der Waals surface area (Å²) >= 11 is 0. The van der Waals surface area contributed by atoms with Crippen LogP contribution in [0.15, 0.2) is 48.7 Å². The Kier molecular flexibility index (Phi) is 7.76. The average molecular weight is 560 g/mol. The van der Waals surface area contributed by atoms with Crippen LogP contribution >= 0.6 is 0 Å². The van der Waals surface area contributed by atoms with Crippen molar-refractivity contribution in [3.63, 3.8) is 0 Å². The van der Waals surface area contributed by atoms with Gasteiger partial charge in [-0.25, -0.2) is 18.7 Å². The minimum atomic E-state index is -4.72. The topological polar surface area (TPSA) is 61.4 Å². The van der Waals surface area contributed by atoms with Crippen molar-refractivity contribution in [1.82, 2.24) is 20.2 Å². The van der Waals surface area contributed by atoms with Gasteiger partial charge in [-0.1, -0.05) is 25.0 Å². The van der Waals surface area contributed by atoms with E-state index in [4.69, 9.17) is 4.98 Å². The molecule has 1 aliphatic carbocycles. The molecule has 0 unspecified atom stereocenters. The molecule has 0 spiro atoms. The van der Waals surface area contributed by atoms with Gasteiger partial charge in [0.1, 0.15) is 11.6 Å². The maximum atomic E-state index is 13.9. The minimum absolute atomic E-state index is 0.0219. The third-order valence-corrected chi connectivity index (χ3v) is 7.85. The lowest BCUT2D eigenvalue weighted by Crippen LogP contribution is -2.45. The minimum Gasteiger partial charge on any atom is -0.348 e. The van der Waals surface area contributed by atoms with E-state index in [1.54, 1.807) is 12.1 Å². The van der Waals surface area contributed by atoms with Gasteiger partial charge >= 0.3 is 6.18 Å². The van der Waals surface area contributed by atoms with E-state index in [1.165, 1.54) is 18.3 Å². The Morgan fingerprint density at radius 2 is 1.65 bits per heavy atom. The largest absolute Gasteiger partial charge is 0.416 e. The Bertz CT molecular complexity index is 1360. The van der Waals surface area contributed by atoms with Gasteiger partial charge in [0.05, 0.1) is 16.8 Å². The number of nitrogens with one attached hydrogen (secondary N) is 1. The SMILES string of the molecule is CN1CCN(c2ncc(C(=O)NCc3cc(F)cc(C(F)(F)F)c3)c(C3(c4ccc(F)cc4)CCCC3)n2)CC1. The second-order valence-electron chi connectivity index (χ2n) is 10.5. The number of alkyl halides is 3. The number of carbonyl (C=O) groups excluding carboxylic acids is 1. The Balaban J connectivity index is 1.51. The predicted molar refractivity (Wildman–Crippen MR) is 140 cm³/mol. The molecule has 1 N–H and O–H groups in total. The quantitative estimate of drug-likeness (QED) is 0.415. The van der Waals surface area contributed by atoms with E-state index in [2.05, 4.69) is 20.1 Å². The number of rotatable bonds is 6. The molecule has 2 aromatic carbocycles. The first kappa shape index (κ1) is 27.9. The molecule has 40 heavy (non-hydrogen) atoms. The summed E-state index contributed by atoms with van der Waals surface area (Å²) in [6, 6.07) is 8.39. The summed E-state index contributed by atoms with van der Waals surface area (Å²) in [4.78, 5) is 27.2. The van der Waals surface area contributed by atoms with Crippen LogP contribution < -0.4 is 10.2 Å². The highest BCUT2D eigenvalue weighted by atomic mass is 19.4. The molecule has 2 heterocycles. The molecule has 2 aliphatic rings. The van der Waals surface area contributed by atoms with Crippen LogP contribution in [0.3, 0.4) is 0 Å². The van der Waals surface area contributed by atoms with Crippen LogP contribution in [0, 0.1) is 11.6 Å². The fourth-order valence-corrected chi connectivity index (χ4v) is 5.67. The molecule has 2 fully saturated rings. The molecule has 1 saturated carbocycles. The van der Waals surface area contributed by atoms with E-state index >= 15 is 0 Å². The number of aromatic nitrogens is 2. The smallest absolute Gasteiger partial charge is 0.348 e. The van der Waals surface area contributed by atoms with Gasteiger partial charge in [-0.15, -0.1) is 0 Å². The van der Waals surface area contributed by atoms with Crippen LogP contribution in [-0.2, 0) is 18.1 Å². The number of anilines is 1. The Morgan fingerprint density at radius 3 is 2.30 bits per heavy atom. The fourth-order valence-electron chi connectivity index (χ4n) is 5.67. The summed E-state index contributed by atoms with van der Waals surface area (Å²) in [7, 11) is 2.04. The van der Waals surface area contributed by atoms with E-state index < -0.39 is 28.9 Å². The Labute approximate surface area is 229 Å². The van der Waals surface area contributed by atoms with E-state index in [0.717, 1.165) is 43.6 Å². The highest BCUT2D eigenvalue weighted by Crippen LogP contribution is 2.47. The highest BCUT2D eigenvalue weighted by molar-refractivity contribution is 5.95. The van der Waals surface area contributed by atoms with Crippen molar-refractivity contribution in [1.29, 1.82) is 0 Å². The van der Waals surface area contributed by atoms with E-state index in [0.29, 0.717) is 43.6 Å². The van der Waals surface area contributed by atoms with E-state index in [-0.39, 0.29) is 23.5 Å². The number of likely N-dealkylation sites (N-methyl/N-ethyl adjacent to an activating group) is 1. The molecule has 3 aromatic rings. The van der Waals surface area contributed by atoms with Gasteiger partial charge in [0.2, 0.25) is 5.95 Å². The summed E-state index contributed by atoms with van der Waals surface area (Å²) in [6.45, 7) is 2.77. The lowest BCUT2D eigenvalue weighted by Gasteiger charge is -2.35. The first-order valence-electron chi connectivity index (χ1n) is 13.3. The number of halogens is 5. The number of hydrogen-bond acceptors (Lipinski definition) is 5. The predicted octanol–water partition coefficient (Wildman–Crippen LogP) is 5.32. The molecule has 212 valence electrons.